The summed E-state index contributed by atoms with van der Waals surface area (Å²) < 4.78 is 10.9. The molecule has 2 atom stereocenters. The van der Waals surface area contributed by atoms with Crippen LogP contribution in [0.4, 0.5) is 11.5 Å². The summed E-state index contributed by atoms with van der Waals surface area (Å²) in [5.41, 5.74) is 1.49. The molecule has 1 aliphatic heterocycles. The van der Waals surface area contributed by atoms with Crippen molar-refractivity contribution in [2.45, 2.75) is 26.1 Å². The minimum Gasteiger partial charge on any atom is -0.479 e. The lowest BCUT2D eigenvalue weighted by Crippen LogP contribution is -2.45. The van der Waals surface area contributed by atoms with Crippen molar-refractivity contribution >= 4 is 23.5 Å². The number of rotatable bonds is 6. The molecule has 2 heterocycles. The first-order valence-corrected chi connectivity index (χ1v) is 9.49. The molecule has 0 spiro atoms. The zero-order valence-electron chi connectivity index (χ0n) is 16.5. The normalized spacial score (nSPS) is 19.0. The van der Waals surface area contributed by atoms with Crippen molar-refractivity contribution in [3.8, 4) is 11.8 Å². The first-order chi connectivity index (χ1) is 14.0. The van der Waals surface area contributed by atoms with Crippen LogP contribution in [0.5, 0.6) is 5.75 Å². The van der Waals surface area contributed by atoms with E-state index in [2.05, 4.69) is 29.0 Å². The molecule has 1 amide bonds. The third-order valence-corrected chi connectivity index (χ3v) is 4.37. The van der Waals surface area contributed by atoms with Gasteiger partial charge >= 0.3 is 0 Å². The number of hydrogen-bond donors (Lipinski definition) is 1. The molecule has 1 aromatic heterocycles. The van der Waals surface area contributed by atoms with Gasteiger partial charge in [-0.2, -0.15) is 5.26 Å². The SMILES string of the molecule is CC1CN(c2ccc(NC(=O)/C=C/c3ccc(OCC#N)cc3)cn2)CC(C)O1. The van der Waals surface area contributed by atoms with E-state index >= 15 is 0 Å². The third-order valence-electron chi connectivity index (χ3n) is 4.37. The van der Waals surface area contributed by atoms with E-state index in [0.29, 0.717) is 11.4 Å². The van der Waals surface area contributed by atoms with E-state index in [4.69, 9.17) is 14.7 Å². The molecule has 1 aliphatic rings. The van der Waals surface area contributed by atoms with Gasteiger partial charge in [-0.15, -0.1) is 0 Å². The molecule has 1 fully saturated rings. The number of ether oxygens (including phenoxy) is 2. The standard InChI is InChI=1S/C22H24N4O3/c1-16-14-26(15-17(2)29-16)21-9-6-19(13-24-21)25-22(27)10-5-18-3-7-20(8-4-18)28-12-11-23/h3-10,13,16-17H,12,14-15H2,1-2H3,(H,25,27)/b10-5+. The molecule has 1 aromatic carbocycles. The Morgan fingerprint density at radius 3 is 2.62 bits per heavy atom. The molecular weight excluding hydrogens is 368 g/mol. The van der Waals surface area contributed by atoms with E-state index in [-0.39, 0.29) is 24.7 Å². The maximum absolute atomic E-state index is 12.2. The van der Waals surface area contributed by atoms with E-state index < -0.39 is 0 Å². The number of hydrogen-bond acceptors (Lipinski definition) is 6. The van der Waals surface area contributed by atoms with E-state index in [1.54, 1.807) is 24.4 Å². The van der Waals surface area contributed by atoms with Crippen LogP contribution in [0.15, 0.2) is 48.7 Å². The molecule has 3 rings (SSSR count). The second kappa shape index (κ2) is 9.71. The van der Waals surface area contributed by atoms with Crippen molar-refractivity contribution < 1.29 is 14.3 Å². The molecule has 0 saturated carbocycles. The average Bonchev–Trinajstić information content (AvgIpc) is 2.71. The first-order valence-electron chi connectivity index (χ1n) is 9.49. The lowest BCUT2D eigenvalue weighted by molar-refractivity contribution is -0.111. The second-order valence-electron chi connectivity index (χ2n) is 6.91. The summed E-state index contributed by atoms with van der Waals surface area (Å²) in [5, 5.41) is 11.3. The number of carbonyl (C=O) groups is 1. The van der Waals surface area contributed by atoms with E-state index in [0.717, 1.165) is 24.5 Å². The number of carbonyl (C=O) groups excluding carboxylic acids is 1. The summed E-state index contributed by atoms with van der Waals surface area (Å²) in [6, 6.07) is 12.8. The topological polar surface area (TPSA) is 87.5 Å². The van der Waals surface area contributed by atoms with Gasteiger partial charge in [0.1, 0.15) is 17.6 Å². The van der Waals surface area contributed by atoms with Gasteiger partial charge in [0, 0.05) is 19.2 Å². The molecule has 7 heteroatoms. The molecule has 7 nitrogen and oxygen atoms in total. The van der Waals surface area contributed by atoms with Crippen molar-refractivity contribution in [2.24, 2.45) is 0 Å². The molecule has 29 heavy (non-hydrogen) atoms. The van der Waals surface area contributed by atoms with Crippen molar-refractivity contribution in [1.29, 1.82) is 5.26 Å². The highest BCUT2D eigenvalue weighted by atomic mass is 16.5. The molecule has 2 unspecified atom stereocenters. The molecule has 2 aromatic rings. The van der Waals surface area contributed by atoms with Gasteiger partial charge in [-0.25, -0.2) is 4.98 Å². The molecule has 1 saturated heterocycles. The van der Waals surface area contributed by atoms with Crippen LogP contribution in [0.3, 0.4) is 0 Å². The van der Waals surface area contributed by atoms with Gasteiger partial charge in [-0.3, -0.25) is 4.79 Å². The Morgan fingerprint density at radius 2 is 2.00 bits per heavy atom. The van der Waals surface area contributed by atoms with Gasteiger partial charge in [0.15, 0.2) is 6.61 Å². The molecule has 150 valence electrons. The van der Waals surface area contributed by atoms with Crippen LogP contribution in [0, 0.1) is 11.3 Å². The van der Waals surface area contributed by atoms with Crippen LogP contribution in [-0.2, 0) is 9.53 Å². The minimum atomic E-state index is -0.238. The van der Waals surface area contributed by atoms with Gasteiger partial charge in [0.05, 0.1) is 24.1 Å². The first kappa shape index (κ1) is 20.4. The maximum Gasteiger partial charge on any atom is 0.248 e. The van der Waals surface area contributed by atoms with E-state index in [9.17, 15) is 4.79 Å². The van der Waals surface area contributed by atoms with Crippen molar-refractivity contribution in [2.75, 3.05) is 29.9 Å². The highest BCUT2D eigenvalue weighted by Crippen LogP contribution is 2.20. The van der Waals surface area contributed by atoms with Crippen LogP contribution < -0.4 is 15.0 Å². The number of anilines is 2. The van der Waals surface area contributed by atoms with Gasteiger partial charge in [-0.1, -0.05) is 12.1 Å². The number of pyridine rings is 1. The monoisotopic (exact) mass is 392 g/mol. The fraction of sp³-hybridized carbons (Fsp3) is 0.318. The van der Waals surface area contributed by atoms with E-state index in [1.807, 2.05) is 30.3 Å². The zero-order valence-corrected chi connectivity index (χ0v) is 16.5. The number of morpholine rings is 1. The number of benzene rings is 1. The maximum atomic E-state index is 12.2. The fourth-order valence-electron chi connectivity index (χ4n) is 3.16. The van der Waals surface area contributed by atoms with Crippen LogP contribution in [-0.4, -0.2) is 42.8 Å². The number of nitrogens with one attached hydrogen (secondary N) is 1. The smallest absolute Gasteiger partial charge is 0.248 e. The Bertz CT molecular complexity index is 878. The Balaban J connectivity index is 1.54. The summed E-state index contributed by atoms with van der Waals surface area (Å²) >= 11 is 0. The summed E-state index contributed by atoms with van der Waals surface area (Å²) in [6.45, 7) is 5.71. The largest absolute Gasteiger partial charge is 0.479 e. The van der Waals surface area contributed by atoms with Gasteiger partial charge < -0.3 is 19.7 Å². The Kier molecular flexibility index (Phi) is 6.82. The molecular formula is C22H24N4O3. The molecule has 0 bridgehead atoms. The summed E-state index contributed by atoms with van der Waals surface area (Å²) in [5.74, 6) is 1.25. The van der Waals surface area contributed by atoms with Gasteiger partial charge in [0.2, 0.25) is 5.91 Å². The number of nitriles is 1. The predicted molar refractivity (Wildman–Crippen MR) is 112 cm³/mol. The molecule has 1 N–H and O–H groups in total. The second-order valence-corrected chi connectivity index (χ2v) is 6.91. The van der Waals surface area contributed by atoms with Gasteiger partial charge in [0.25, 0.3) is 0 Å². The molecule has 0 aliphatic carbocycles. The van der Waals surface area contributed by atoms with Crippen LogP contribution >= 0.6 is 0 Å². The van der Waals surface area contributed by atoms with Crippen LogP contribution in [0.25, 0.3) is 6.08 Å². The summed E-state index contributed by atoms with van der Waals surface area (Å²) in [7, 11) is 0. The molecule has 0 radical (unpaired) electrons. The van der Waals surface area contributed by atoms with Gasteiger partial charge in [-0.05, 0) is 49.8 Å². The van der Waals surface area contributed by atoms with Crippen LogP contribution in [0.2, 0.25) is 0 Å². The minimum absolute atomic E-state index is 0.00794. The number of aromatic nitrogens is 1. The van der Waals surface area contributed by atoms with Crippen molar-refractivity contribution in [3.05, 3.63) is 54.2 Å². The number of amides is 1. The Hall–Kier alpha value is -3.37. The summed E-state index contributed by atoms with van der Waals surface area (Å²) in [4.78, 5) is 18.8. The number of nitrogens with zero attached hydrogens (tertiary/aromatic N) is 3. The Labute approximate surface area is 170 Å². The fourth-order valence-corrected chi connectivity index (χ4v) is 3.16. The average molecular weight is 392 g/mol. The predicted octanol–water partition coefficient (Wildman–Crippen LogP) is 3.25. The van der Waals surface area contributed by atoms with Crippen LogP contribution in [0.1, 0.15) is 19.4 Å². The van der Waals surface area contributed by atoms with Crippen molar-refractivity contribution in [1.82, 2.24) is 4.98 Å². The Morgan fingerprint density at radius 1 is 1.28 bits per heavy atom. The third kappa shape index (κ3) is 6.06. The highest BCUT2D eigenvalue weighted by Gasteiger charge is 2.22. The highest BCUT2D eigenvalue weighted by molar-refractivity contribution is 6.01. The quantitative estimate of drug-likeness (QED) is 0.760. The van der Waals surface area contributed by atoms with E-state index in [1.165, 1.54) is 6.08 Å². The summed E-state index contributed by atoms with van der Waals surface area (Å²) in [6.07, 6.45) is 5.16. The van der Waals surface area contributed by atoms with Crippen molar-refractivity contribution in [3.63, 3.8) is 0 Å². The lowest BCUT2D eigenvalue weighted by atomic mass is 10.2. The zero-order chi connectivity index (χ0) is 20.6. The lowest BCUT2D eigenvalue weighted by Gasteiger charge is -2.36.